The van der Waals surface area contributed by atoms with Crippen molar-refractivity contribution >= 4 is 17.6 Å². The molecular weight excluding hydrogens is 252 g/mol. The number of carbonyl (C=O) groups excluding carboxylic acids is 1. The summed E-state index contributed by atoms with van der Waals surface area (Å²) in [6, 6.07) is 7.20. The van der Waals surface area contributed by atoms with E-state index in [2.05, 4.69) is 0 Å². The predicted molar refractivity (Wildman–Crippen MR) is 71.7 cm³/mol. The number of rotatable bonds is 4. The molecule has 18 heavy (non-hydrogen) atoms. The lowest BCUT2D eigenvalue weighted by atomic mass is 9.96. The van der Waals surface area contributed by atoms with Crippen LogP contribution in [-0.4, -0.2) is 23.3 Å². The number of ether oxygens (including phenoxy) is 1. The van der Waals surface area contributed by atoms with Crippen LogP contribution < -0.4 is 0 Å². The van der Waals surface area contributed by atoms with Crippen LogP contribution in [0, 0.1) is 0 Å². The highest BCUT2D eigenvalue weighted by molar-refractivity contribution is 6.31. The van der Waals surface area contributed by atoms with Crippen molar-refractivity contribution < 1.29 is 14.6 Å². The van der Waals surface area contributed by atoms with Crippen molar-refractivity contribution in [1.29, 1.82) is 0 Å². The maximum absolute atomic E-state index is 11.7. The number of carbonyl (C=O) groups is 1. The molecule has 0 bridgehead atoms. The zero-order valence-electron chi connectivity index (χ0n) is 10.9. The van der Waals surface area contributed by atoms with Gasteiger partial charge in [0.15, 0.2) is 0 Å². The van der Waals surface area contributed by atoms with E-state index < -0.39 is 5.60 Å². The average molecular weight is 271 g/mol. The Labute approximate surface area is 113 Å². The second kappa shape index (κ2) is 6.21. The maximum Gasteiger partial charge on any atom is 0.307 e. The summed E-state index contributed by atoms with van der Waals surface area (Å²) in [5, 5.41) is 9.94. The molecule has 1 rings (SSSR count). The smallest absolute Gasteiger partial charge is 0.307 e. The molecular formula is C14H19ClO3. The van der Waals surface area contributed by atoms with Crippen LogP contribution in [-0.2, 0) is 9.53 Å². The lowest BCUT2D eigenvalue weighted by molar-refractivity contribution is -0.155. The van der Waals surface area contributed by atoms with Gasteiger partial charge in [0.25, 0.3) is 0 Å². The molecule has 0 aromatic heterocycles. The molecule has 0 aliphatic heterocycles. The topological polar surface area (TPSA) is 46.5 Å². The second-order valence-corrected chi connectivity index (χ2v) is 5.60. The molecule has 0 saturated carbocycles. The molecule has 1 unspecified atom stereocenters. The summed E-state index contributed by atoms with van der Waals surface area (Å²) in [4.78, 5) is 11.7. The van der Waals surface area contributed by atoms with Crippen LogP contribution in [0.25, 0.3) is 0 Å². The molecule has 3 nitrogen and oxygen atoms in total. The van der Waals surface area contributed by atoms with Crippen molar-refractivity contribution in [2.24, 2.45) is 0 Å². The largest absolute Gasteiger partial charge is 0.460 e. The average Bonchev–Trinajstić information content (AvgIpc) is 2.24. The van der Waals surface area contributed by atoms with Crippen LogP contribution in [0.15, 0.2) is 24.3 Å². The Balaban J connectivity index is 2.74. The standard InChI is InChI=1S/C14H19ClO3/c1-14(2,3)18-13(17)8-10(9-16)11-6-4-5-7-12(11)15/h4-7,10,16H,8-9H2,1-3H3. The summed E-state index contributed by atoms with van der Waals surface area (Å²) >= 11 is 6.05. The van der Waals surface area contributed by atoms with Gasteiger partial charge >= 0.3 is 5.97 Å². The highest BCUT2D eigenvalue weighted by Gasteiger charge is 2.22. The molecule has 1 atom stereocenters. The van der Waals surface area contributed by atoms with E-state index in [-0.39, 0.29) is 24.9 Å². The molecule has 0 radical (unpaired) electrons. The molecule has 0 heterocycles. The van der Waals surface area contributed by atoms with E-state index in [0.29, 0.717) is 5.02 Å². The second-order valence-electron chi connectivity index (χ2n) is 5.19. The Morgan fingerprint density at radius 1 is 1.39 bits per heavy atom. The first-order valence-electron chi connectivity index (χ1n) is 5.90. The van der Waals surface area contributed by atoms with E-state index in [1.807, 2.05) is 39.0 Å². The minimum absolute atomic E-state index is 0.123. The molecule has 1 aromatic carbocycles. The first-order valence-corrected chi connectivity index (χ1v) is 6.28. The lowest BCUT2D eigenvalue weighted by Crippen LogP contribution is -2.25. The van der Waals surface area contributed by atoms with Gasteiger partial charge in [0.1, 0.15) is 5.60 Å². The fourth-order valence-electron chi connectivity index (χ4n) is 1.66. The third-order valence-corrected chi connectivity index (χ3v) is 2.74. The quantitative estimate of drug-likeness (QED) is 0.855. The Morgan fingerprint density at radius 3 is 2.50 bits per heavy atom. The highest BCUT2D eigenvalue weighted by Crippen LogP contribution is 2.27. The summed E-state index contributed by atoms with van der Waals surface area (Å²) < 4.78 is 5.24. The summed E-state index contributed by atoms with van der Waals surface area (Å²) in [7, 11) is 0. The molecule has 0 amide bonds. The maximum atomic E-state index is 11.7. The van der Waals surface area contributed by atoms with Gasteiger partial charge in [-0.25, -0.2) is 0 Å². The molecule has 1 N–H and O–H groups in total. The van der Waals surface area contributed by atoms with Crippen LogP contribution in [0.3, 0.4) is 0 Å². The minimum Gasteiger partial charge on any atom is -0.460 e. The molecule has 0 spiro atoms. The number of halogens is 1. The van der Waals surface area contributed by atoms with Gasteiger partial charge in [0.05, 0.1) is 13.0 Å². The van der Waals surface area contributed by atoms with Crippen LogP contribution in [0.4, 0.5) is 0 Å². The normalized spacial score (nSPS) is 13.2. The third-order valence-electron chi connectivity index (χ3n) is 2.40. The van der Waals surface area contributed by atoms with Crippen LogP contribution >= 0.6 is 11.6 Å². The molecule has 0 aliphatic rings. The van der Waals surface area contributed by atoms with Gasteiger partial charge in [-0.1, -0.05) is 29.8 Å². The third kappa shape index (κ3) is 4.67. The molecule has 100 valence electrons. The molecule has 0 fully saturated rings. The Hall–Kier alpha value is -1.06. The van der Waals surface area contributed by atoms with Gasteiger partial charge in [-0.05, 0) is 32.4 Å². The summed E-state index contributed by atoms with van der Waals surface area (Å²) in [6.45, 7) is 5.31. The summed E-state index contributed by atoms with van der Waals surface area (Å²) in [6.07, 6.45) is 0.123. The minimum atomic E-state index is -0.516. The van der Waals surface area contributed by atoms with Gasteiger partial charge in [0.2, 0.25) is 0 Å². The van der Waals surface area contributed by atoms with Gasteiger partial charge in [0, 0.05) is 10.9 Å². The van der Waals surface area contributed by atoms with Crippen LogP contribution in [0.2, 0.25) is 5.02 Å². The van der Waals surface area contributed by atoms with Crippen molar-refractivity contribution in [2.45, 2.75) is 38.7 Å². The van der Waals surface area contributed by atoms with E-state index in [4.69, 9.17) is 16.3 Å². The Bertz CT molecular complexity index is 410. The van der Waals surface area contributed by atoms with Crippen molar-refractivity contribution in [3.05, 3.63) is 34.9 Å². The van der Waals surface area contributed by atoms with E-state index >= 15 is 0 Å². The summed E-state index contributed by atoms with van der Waals surface area (Å²) in [5.41, 5.74) is 0.255. The first kappa shape index (κ1) is 15.0. The highest BCUT2D eigenvalue weighted by atomic mass is 35.5. The SMILES string of the molecule is CC(C)(C)OC(=O)CC(CO)c1ccccc1Cl. The molecule has 0 aliphatic carbocycles. The molecule has 0 saturated heterocycles. The molecule has 1 aromatic rings. The number of benzene rings is 1. The van der Waals surface area contributed by atoms with Gasteiger partial charge in [-0.15, -0.1) is 0 Å². The van der Waals surface area contributed by atoms with Crippen molar-refractivity contribution in [1.82, 2.24) is 0 Å². The Morgan fingerprint density at radius 2 is 2.00 bits per heavy atom. The van der Waals surface area contributed by atoms with Crippen LogP contribution in [0.5, 0.6) is 0 Å². The van der Waals surface area contributed by atoms with Crippen molar-refractivity contribution in [3.63, 3.8) is 0 Å². The number of hydrogen-bond acceptors (Lipinski definition) is 3. The summed E-state index contributed by atoms with van der Waals surface area (Å²) in [5.74, 6) is -0.657. The van der Waals surface area contributed by atoms with E-state index in [0.717, 1.165) is 5.56 Å². The van der Waals surface area contributed by atoms with Crippen molar-refractivity contribution in [2.75, 3.05) is 6.61 Å². The first-order chi connectivity index (χ1) is 8.33. The zero-order chi connectivity index (χ0) is 13.8. The fourth-order valence-corrected chi connectivity index (χ4v) is 1.95. The van der Waals surface area contributed by atoms with Gasteiger partial charge in [-0.3, -0.25) is 4.79 Å². The van der Waals surface area contributed by atoms with E-state index in [9.17, 15) is 9.90 Å². The van der Waals surface area contributed by atoms with E-state index in [1.165, 1.54) is 0 Å². The van der Waals surface area contributed by atoms with Gasteiger partial charge in [-0.2, -0.15) is 0 Å². The number of aliphatic hydroxyl groups is 1. The predicted octanol–water partition coefficient (Wildman–Crippen LogP) is 3.15. The number of aliphatic hydroxyl groups excluding tert-OH is 1. The zero-order valence-corrected chi connectivity index (χ0v) is 11.7. The fraction of sp³-hybridized carbons (Fsp3) is 0.500. The number of esters is 1. The monoisotopic (exact) mass is 270 g/mol. The number of hydrogen-bond donors (Lipinski definition) is 1. The molecule has 4 heteroatoms. The Kier molecular flexibility index (Phi) is 5.17. The lowest BCUT2D eigenvalue weighted by Gasteiger charge is -2.22. The van der Waals surface area contributed by atoms with Crippen LogP contribution in [0.1, 0.15) is 38.7 Å². The van der Waals surface area contributed by atoms with Crippen molar-refractivity contribution in [3.8, 4) is 0 Å². The van der Waals surface area contributed by atoms with Gasteiger partial charge < -0.3 is 9.84 Å². The van der Waals surface area contributed by atoms with E-state index in [1.54, 1.807) is 6.07 Å².